The summed E-state index contributed by atoms with van der Waals surface area (Å²) in [5.41, 5.74) is -0.431. The minimum absolute atomic E-state index is 0.138. The van der Waals surface area contributed by atoms with Crippen LogP contribution < -0.4 is 5.32 Å². The first kappa shape index (κ1) is 15.9. The quantitative estimate of drug-likeness (QED) is 0.917. The highest BCUT2D eigenvalue weighted by Gasteiger charge is 2.60. The zero-order valence-corrected chi connectivity index (χ0v) is 14.8. The van der Waals surface area contributed by atoms with Crippen LogP contribution in [0.15, 0.2) is 18.5 Å². The highest BCUT2D eigenvalue weighted by molar-refractivity contribution is 5.69. The van der Waals surface area contributed by atoms with Gasteiger partial charge in [-0.25, -0.2) is 4.79 Å². The van der Waals surface area contributed by atoms with Crippen molar-refractivity contribution in [1.82, 2.24) is 20.0 Å². The summed E-state index contributed by atoms with van der Waals surface area (Å²) >= 11 is 0. The van der Waals surface area contributed by atoms with E-state index in [9.17, 15) is 4.79 Å². The van der Waals surface area contributed by atoms with Crippen molar-refractivity contribution in [2.45, 2.75) is 57.8 Å². The van der Waals surface area contributed by atoms with Crippen molar-refractivity contribution < 1.29 is 9.53 Å². The van der Waals surface area contributed by atoms with Gasteiger partial charge in [0.15, 0.2) is 0 Å². The number of carbonyl (C=O) groups is 1. The first-order valence-corrected chi connectivity index (χ1v) is 9.13. The van der Waals surface area contributed by atoms with E-state index >= 15 is 0 Å². The number of nitrogens with one attached hydrogen (secondary N) is 1. The molecule has 0 aromatic carbocycles. The number of nitrogens with zero attached hydrogens (tertiary/aromatic N) is 3. The summed E-state index contributed by atoms with van der Waals surface area (Å²) in [5.74, 6) is 2.04. The monoisotopic (exact) mass is 332 g/mol. The summed E-state index contributed by atoms with van der Waals surface area (Å²) in [4.78, 5) is 14.6. The second kappa shape index (κ2) is 5.76. The van der Waals surface area contributed by atoms with Gasteiger partial charge in [0.2, 0.25) is 0 Å². The average molecular weight is 332 g/mol. The van der Waals surface area contributed by atoms with E-state index in [4.69, 9.17) is 4.74 Å². The Morgan fingerprint density at radius 1 is 1.33 bits per heavy atom. The van der Waals surface area contributed by atoms with Crippen LogP contribution in [-0.4, -0.2) is 51.5 Å². The lowest BCUT2D eigenvalue weighted by atomic mass is 9.86. The Morgan fingerprint density at radius 2 is 2.17 bits per heavy atom. The van der Waals surface area contributed by atoms with Crippen molar-refractivity contribution >= 4 is 6.09 Å². The van der Waals surface area contributed by atoms with Crippen molar-refractivity contribution in [3.8, 4) is 0 Å². The Kier molecular flexibility index (Phi) is 3.82. The first-order chi connectivity index (χ1) is 11.4. The van der Waals surface area contributed by atoms with Crippen molar-refractivity contribution in [2.75, 3.05) is 13.1 Å². The lowest BCUT2D eigenvalue weighted by molar-refractivity contribution is 0.0193. The van der Waals surface area contributed by atoms with Crippen LogP contribution in [0.2, 0.25) is 0 Å². The second-order valence-electron chi connectivity index (χ2n) is 8.53. The fourth-order valence-corrected chi connectivity index (χ4v) is 5.05. The lowest BCUT2D eigenvalue weighted by Gasteiger charge is -2.34. The van der Waals surface area contributed by atoms with Crippen LogP contribution in [0.1, 0.15) is 33.6 Å². The van der Waals surface area contributed by atoms with Crippen LogP contribution >= 0.6 is 0 Å². The number of rotatable bonds is 4. The molecule has 1 aromatic rings. The summed E-state index contributed by atoms with van der Waals surface area (Å²) in [5, 5.41) is 7.97. The number of likely N-dealkylation sites (tertiary alicyclic amines) is 1. The van der Waals surface area contributed by atoms with Crippen molar-refractivity contribution in [1.29, 1.82) is 0 Å². The van der Waals surface area contributed by atoms with E-state index in [1.165, 1.54) is 12.8 Å². The zero-order chi connectivity index (χ0) is 16.9. The van der Waals surface area contributed by atoms with Gasteiger partial charge in [-0.2, -0.15) is 5.10 Å². The SMILES string of the molecule is CC(C)(C)OC(=O)N1C[C@@H]2C[C@H]3C[C@H]2[C@H]1[C@@H]3NCCn1cccn1. The Balaban J connectivity index is 1.41. The molecule has 1 aromatic heterocycles. The van der Waals surface area contributed by atoms with Gasteiger partial charge in [0.1, 0.15) is 5.60 Å². The minimum atomic E-state index is -0.431. The van der Waals surface area contributed by atoms with Gasteiger partial charge in [0.25, 0.3) is 0 Å². The molecule has 2 aliphatic carbocycles. The van der Waals surface area contributed by atoms with Crippen molar-refractivity contribution in [3.63, 3.8) is 0 Å². The summed E-state index contributed by atoms with van der Waals surface area (Å²) in [6, 6.07) is 2.65. The van der Waals surface area contributed by atoms with Crippen molar-refractivity contribution in [3.05, 3.63) is 18.5 Å². The van der Waals surface area contributed by atoms with E-state index in [-0.39, 0.29) is 6.09 Å². The Morgan fingerprint density at radius 3 is 2.88 bits per heavy atom. The van der Waals surface area contributed by atoms with Crippen LogP contribution in [-0.2, 0) is 11.3 Å². The molecule has 4 rings (SSSR count). The lowest BCUT2D eigenvalue weighted by Crippen LogP contribution is -2.52. The van der Waals surface area contributed by atoms with Gasteiger partial charge in [-0.15, -0.1) is 0 Å². The third kappa shape index (κ3) is 2.81. The van der Waals surface area contributed by atoms with Gasteiger partial charge >= 0.3 is 6.09 Å². The molecule has 3 fully saturated rings. The molecule has 1 saturated heterocycles. The smallest absolute Gasteiger partial charge is 0.410 e. The van der Waals surface area contributed by atoms with E-state index in [1.807, 2.05) is 48.8 Å². The molecule has 0 spiro atoms. The summed E-state index contributed by atoms with van der Waals surface area (Å²) < 4.78 is 7.60. The Bertz CT molecular complexity index is 593. The maximum Gasteiger partial charge on any atom is 0.410 e. The van der Waals surface area contributed by atoms with E-state index < -0.39 is 5.60 Å². The largest absolute Gasteiger partial charge is 0.444 e. The average Bonchev–Trinajstić information content (AvgIpc) is 3.20. The molecule has 2 saturated carbocycles. The van der Waals surface area contributed by atoms with Crippen LogP contribution in [0, 0.1) is 17.8 Å². The van der Waals surface area contributed by atoms with Crippen LogP contribution in [0.5, 0.6) is 0 Å². The summed E-state index contributed by atoms with van der Waals surface area (Å²) in [6.07, 6.45) is 6.17. The molecule has 3 aliphatic rings. The van der Waals surface area contributed by atoms with Gasteiger partial charge < -0.3 is 15.0 Å². The van der Waals surface area contributed by atoms with E-state index in [1.54, 1.807) is 0 Å². The number of aromatic nitrogens is 2. The number of carbonyl (C=O) groups excluding carboxylic acids is 1. The molecule has 1 N–H and O–H groups in total. The Labute approximate surface area is 143 Å². The predicted octanol–water partition coefficient (Wildman–Crippen LogP) is 2.12. The molecule has 0 radical (unpaired) electrons. The molecule has 0 unspecified atom stereocenters. The van der Waals surface area contributed by atoms with E-state index in [0.29, 0.717) is 29.8 Å². The molecule has 5 atom stereocenters. The second-order valence-corrected chi connectivity index (χ2v) is 8.53. The molecule has 1 aliphatic heterocycles. The molecule has 24 heavy (non-hydrogen) atoms. The van der Waals surface area contributed by atoms with E-state index in [2.05, 4.69) is 10.4 Å². The third-order valence-electron chi connectivity index (χ3n) is 5.80. The number of ether oxygens (including phenoxy) is 1. The highest BCUT2D eigenvalue weighted by atomic mass is 16.6. The van der Waals surface area contributed by atoms with Gasteiger partial charge in [0, 0.05) is 31.5 Å². The number of hydrogen-bond donors (Lipinski definition) is 1. The molecular formula is C18H28N4O2. The van der Waals surface area contributed by atoms with Crippen LogP contribution in [0.25, 0.3) is 0 Å². The maximum atomic E-state index is 12.6. The molecular weight excluding hydrogens is 304 g/mol. The van der Waals surface area contributed by atoms with Gasteiger partial charge in [0.05, 0.1) is 12.6 Å². The van der Waals surface area contributed by atoms with Crippen molar-refractivity contribution in [2.24, 2.45) is 17.8 Å². The Hall–Kier alpha value is -1.56. The molecule has 2 heterocycles. The van der Waals surface area contributed by atoms with Crippen LogP contribution in [0.3, 0.4) is 0 Å². The molecule has 6 heteroatoms. The molecule has 6 nitrogen and oxygen atoms in total. The van der Waals surface area contributed by atoms with Gasteiger partial charge in [-0.05, 0) is 57.4 Å². The molecule has 132 valence electrons. The van der Waals surface area contributed by atoms with Crippen LogP contribution in [0.4, 0.5) is 4.79 Å². The third-order valence-corrected chi connectivity index (χ3v) is 5.80. The fraction of sp³-hybridized carbons (Fsp3) is 0.778. The highest BCUT2D eigenvalue weighted by Crippen LogP contribution is 2.55. The number of hydrogen-bond acceptors (Lipinski definition) is 4. The minimum Gasteiger partial charge on any atom is -0.444 e. The van der Waals surface area contributed by atoms with E-state index in [0.717, 1.165) is 19.6 Å². The molecule has 2 bridgehead atoms. The number of fused-ring (bicyclic) bond motifs is 1. The normalized spacial score (nSPS) is 34.1. The first-order valence-electron chi connectivity index (χ1n) is 9.13. The summed E-state index contributed by atoms with van der Waals surface area (Å²) in [7, 11) is 0. The number of amides is 1. The topological polar surface area (TPSA) is 59.4 Å². The standard InChI is InChI=1S/C18H28N4O2/c1-18(2,3)24-17(23)22-11-13-9-12-10-14(13)16(22)15(12)19-6-8-21-7-4-5-20-21/h4-5,7,12-16,19H,6,8-11H2,1-3H3/t12-,13-,14+,15+,16-/m0/s1. The summed E-state index contributed by atoms with van der Waals surface area (Å²) in [6.45, 7) is 8.44. The predicted molar refractivity (Wildman–Crippen MR) is 90.4 cm³/mol. The molecule has 1 amide bonds. The van der Waals surface area contributed by atoms with Gasteiger partial charge in [-0.1, -0.05) is 0 Å². The zero-order valence-electron chi connectivity index (χ0n) is 14.8. The maximum absolute atomic E-state index is 12.6. The fourth-order valence-electron chi connectivity index (χ4n) is 5.05. The van der Waals surface area contributed by atoms with Gasteiger partial charge in [-0.3, -0.25) is 4.68 Å².